The summed E-state index contributed by atoms with van der Waals surface area (Å²) in [7, 11) is 0. The van der Waals surface area contributed by atoms with Crippen molar-refractivity contribution in [3.63, 3.8) is 0 Å². The average Bonchev–Trinajstić information content (AvgIpc) is 2.00. The van der Waals surface area contributed by atoms with Crippen molar-refractivity contribution in [3.05, 3.63) is 34.3 Å². The van der Waals surface area contributed by atoms with Gasteiger partial charge in [-0.2, -0.15) is 0 Å². The lowest BCUT2D eigenvalue weighted by Crippen LogP contribution is -2.27. The Morgan fingerprint density at radius 2 is 2.14 bits per heavy atom. The van der Waals surface area contributed by atoms with E-state index in [0.29, 0.717) is 17.6 Å². The fourth-order valence-electron chi connectivity index (χ4n) is 1.98. The summed E-state index contributed by atoms with van der Waals surface area (Å²) in [6, 6.07) is 8.39. The summed E-state index contributed by atoms with van der Waals surface area (Å²) in [4.78, 5) is 11.1. The lowest BCUT2D eigenvalue weighted by molar-refractivity contribution is -0.123. The van der Waals surface area contributed by atoms with Gasteiger partial charge in [0.2, 0.25) is 0 Å². The molecule has 1 aliphatic carbocycles. The Morgan fingerprint density at radius 3 is 2.71 bits per heavy atom. The first kappa shape index (κ1) is 9.91. The van der Waals surface area contributed by atoms with Crippen LogP contribution in [0.2, 0.25) is 0 Å². The van der Waals surface area contributed by atoms with E-state index in [1.807, 2.05) is 6.07 Å². The van der Waals surface area contributed by atoms with Gasteiger partial charge >= 0.3 is 0 Å². The Bertz CT molecular complexity index is 353. The van der Waals surface area contributed by atoms with Gasteiger partial charge < -0.3 is 0 Å². The molecular weight excluding hydrogens is 240 g/mol. The summed E-state index contributed by atoms with van der Waals surface area (Å²) in [6.45, 7) is 1.70. The number of benzene rings is 1. The lowest BCUT2D eigenvalue weighted by atomic mass is 9.70. The largest absolute Gasteiger partial charge is 0.300 e. The van der Waals surface area contributed by atoms with Crippen molar-refractivity contribution in [1.82, 2.24) is 0 Å². The van der Waals surface area contributed by atoms with Gasteiger partial charge in [-0.1, -0.05) is 28.1 Å². The molecule has 1 saturated carbocycles. The van der Waals surface area contributed by atoms with Crippen LogP contribution in [0.25, 0.3) is 0 Å². The van der Waals surface area contributed by atoms with Crippen molar-refractivity contribution in [2.24, 2.45) is 5.92 Å². The molecule has 1 aromatic carbocycles. The van der Waals surface area contributed by atoms with Crippen LogP contribution < -0.4 is 0 Å². The van der Waals surface area contributed by atoms with Crippen molar-refractivity contribution in [1.29, 1.82) is 0 Å². The Hall–Kier alpha value is -0.630. The normalized spacial score (nSPS) is 25.6. The number of hydrogen-bond donors (Lipinski definition) is 0. The predicted octanol–water partition coefficient (Wildman–Crippen LogP) is 3.53. The summed E-state index contributed by atoms with van der Waals surface area (Å²) >= 11 is 3.46. The van der Waals surface area contributed by atoms with Gasteiger partial charge in [-0.3, -0.25) is 4.79 Å². The molecule has 1 fully saturated rings. The standard InChI is InChI=1S/C12H13BrO/c1-8(14)10-5-11(6-10)9-3-2-4-12(13)7-9/h2-4,7,10-11H,5-6H2,1H3. The van der Waals surface area contributed by atoms with Gasteiger partial charge in [-0.25, -0.2) is 0 Å². The summed E-state index contributed by atoms with van der Waals surface area (Å²) in [5, 5.41) is 0. The van der Waals surface area contributed by atoms with E-state index >= 15 is 0 Å². The maximum atomic E-state index is 11.1. The molecule has 0 aliphatic heterocycles. The zero-order valence-electron chi connectivity index (χ0n) is 8.16. The van der Waals surface area contributed by atoms with E-state index < -0.39 is 0 Å². The van der Waals surface area contributed by atoms with E-state index in [1.165, 1.54) is 5.56 Å². The molecule has 2 heteroatoms. The molecule has 0 unspecified atom stereocenters. The second-order valence-electron chi connectivity index (χ2n) is 4.03. The molecule has 0 aromatic heterocycles. The highest BCUT2D eigenvalue weighted by Crippen LogP contribution is 2.42. The average molecular weight is 253 g/mol. The van der Waals surface area contributed by atoms with Crippen molar-refractivity contribution in [2.45, 2.75) is 25.7 Å². The van der Waals surface area contributed by atoms with Gasteiger partial charge in [0, 0.05) is 10.4 Å². The monoisotopic (exact) mass is 252 g/mol. The number of rotatable bonds is 2. The summed E-state index contributed by atoms with van der Waals surface area (Å²) in [5.74, 6) is 1.26. The summed E-state index contributed by atoms with van der Waals surface area (Å²) in [6.07, 6.45) is 2.07. The van der Waals surface area contributed by atoms with E-state index in [-0.39, 0.29) is 0 Å². The molecule has 0 radical (unpaired) electrons. The smallest absolute Gasteiger partial charge is 0.132 e. The molecule has 0 N–H and O–H groups in total. The van der Waals surface area contributed by atoms with Crippen molar-refractivity contribution < 1.29 is 4.79 Å². The first-order valence-electron chi connectivity index (χ1n) is 4.92. The predicted molar refractivity (Wildman–Crippen MR) is 60.3 cm³/mol. The Balaban J connectivity index is 2.03. The van der Waals surface area contributed by atoms with Crippen LogP contribution in [0.4, 0.5) is 0 Å². The van der Waals surface area contributed by atoms with E-state index in [0.717, 1.165) is 17.3 Å². The third-order valence-corrected chi connectivity index (χ3v) is 3.53. The molecular formula is C12H13BrO. The molecule has 0 atom stereocenters. The maximum Gasteiger partial charge on any atom is 0.132 e. The molecule has 0 heterocycles. The fraction of sp³-hybridized carbons (Fsp3) is 0.417. The topological polar surface area (TPSA) is 17.1 Å². The molecule has 1 aliphatic rings. The molecule has 0 amide bonds. The van der Waals surface area contributed by atoms with E-state index in [9.17, 15) is 4.79 Å². The van der Waals surface area contributed by atoms with Gasteiger partial charge in [-0.05, 0) is 43.4 Å². The van der Waals surface area contributed by atoms with Crippen LogP contribution in [0.5, 0.6) is 0 Å². The second-order valence-corrected chi connectivity index (χ2v) is 4.95. The first-order valence-corrected chi connectivity index (χ1v) is 5.72. The highest BCUT2D eigenvalue weighted by Gasteiger charge is 2.32. The molecule has 1 nitrogen and oxygen atoms in total. The van der Waals surface area contributed by atoms with Crippen LogP contribution >= 0.6 is 15.9 Å². The number of Topliss-reactive ketones (excluding diaryl/α,β-unsaturated/α-hetero) is 1. The van der Waals surface area contributed by atoms with E-state index in [2.05, 4.69) is 34.1 Å². The van der Waals surface area contributed by atoms with Gasteiger partial charge in [0.05, 0.1) is 0 Å². The molecule has 1 aromatic rings. The second kappa shape index (κ2) is 3.85. The third kappa shape index (κ3) is 1.90. The van der Waals surface area contributed by atoms with Gasteiger partial charge in [-0.15, -0.1) is 0 Å². The summed E-state index contributed by atoms with van der Waals surface area (Å²) in [5.41, 5.74) is 1.36. The Kier molecular flexibility index (Phi) is 2.73. The molecule has 0 bridgehead atoms. The van der Waals surface area contributed by atoms with Gasteiger partial charge in [0.25, 0.3) is 0 Å². The highest BCUT2D eigenvalue weighted by molar-refractivity contribution is 9.10. The highest BCUT2D eigenvalue weighted by atomic mass is 79.9. The van der Waals surface area contributed by atoms with Gasteiger partial charge in [0.1, 0.15) is 5.78 Å². The first-order chi connectivity index (χ1) is 6.66. The minimum atomic E-state index is 0.319. The Morgan fingerprint density at radius 1 is 1.43 bits per heavy atom. The Labute approximate surface area is 92.6 Å². The minimum absolute atomic E-state index is 0.319. The van der Waals surface area contributed by atoms with Crippen LogP contribution in [0.1, 0.15) is 31.2 Å². The minimum Gasteiger partial charge on any atom is -0.300 e. The van der Waals surface area contributed by atoms with E-state index in [4.69, 9.17) is 0 Å². The van der Waals surface area contributed by atoms with E-state index in [1.54, 1.807) is 6.92 Å². The molecule has 74 valence electrons. The number of carbonyl (C=O) groups is 1. The fourth-order valence-corrected chi connectivity index (χ4v) is 2.40. The lowest BCUT2D eigenvalue weighted by Gasteiger charge is -2.34. The van der Waals surface area contributed by atoms with Crippen LogP contribution in [0.15, 0.2) is 28.7 Å². The number of halogens is 1. The molecule has 2 rings (SSSR count). The van der Waals surface area contributed by atoms with Gasteiger partial charge in [0.15, 0.2) is 0 Å². The maximum absolute atomic E-state index is 11.1. The summed E-state index contributed by atoms with van der Waals surface area (Å²) < 4.78 is 1.13. The third-order valence-electron chi connectivity index (χ3n) is 3.03. The zero-order valence-corrected chi connectivity index (χ0v) is 9.75. The van der Waals surface area contributed by atoms with Crippen molar-refractivity contribution in [3.8, 4) is 0 Å². The zero-order chi connectivity index (χ0) is 10.1. The quantitative estimate of drug-likeness (QED) is 0.787. The van der Waals surface area contributed by atoms with Crippen LogP contribution in [-0.2, 0) is 4.79 Å². The number of ketones is 1. The molecule has 14 heavy (non-hydrogen) atoms. The number of carbonyl (C=O) groups excluding carboxylic acids is 1. The molecule has 0 spiro atoms. The molecule has 0 saturated heterocycles. The van der Waals surface area contributed by atoms with Crippen molar-refractivity contribution >= 4 is 21.7 Å². The number of hydrogen-bond acceptors (Lipinski definition) is 1. The van der Waals surface area contributed by atoms with Crippen LogP contribution in [0.3, 0.4) is 0 Å². The SMILES string of the molecule is CC(=O)C1CC(c2cccc(Br)c2)C1. The van der Waals surface area contributed by atoms with Crippen molar-refractivity contribution in [2.75, 3.05) is 0 Å². The van der Waals surface area contributed by atoms with Crippen LogP contribution in [-0.4, -0.2) is 5.78 Å². The van der Waals surface area contributed by atoms with Crippen LogP contribution in [0, 0.1) is 5.92 Å².